The molecule has 17 heavy (non-hydrogen) atoms. The minimum absolute atomic E-state index is 0.355. The summed E-state index contributed by atoms with van der Waals surface area (Å²) in [6, 6.07) is 5.06. The number of aromatic nitrogens is 2. The molecule has 0 saturated heterocycles. The summed E-state index contributed by atoms with van der Waals surface area (Å²) in [5, 5.41) is 2.87. The van der Waals surface area contributed by atoms with Gasteiger partial charge in [0.25, 0.3) is 0 Å². The molecule has 3 nitrogen and oxygen atoms in total. The molecule has 0 saturated carbocycles. The Morgan fingerprint density at radius 3 is 2.76 bits per heavy atom. The molecule has 0 unspecified atom stereocenters. The first kappa shape index (κ1) is 11.5. The van der Waals surface area contributed by atoms with Crippen molar-refractivity contribution in [2.75, 3.05) is 5.32 Å². The van der Waals surface area contributed by atoms with Gasteiger partial charge in [0.1, 0.15) is 5.82 Å². The fourth-order valence-electron chi connectivity index (χ4n) is 1.39. The second-order valence-corrected chi connectivity index (χ2v) is 3.47. The van der Waals surface area contributed by atoms with E-state index in [0.29, 0.717) is 18.1 Å². The molecule has 0 aliphatic heterocycles. The highest BCUT2D eigenvalue weighted by Crippen LogP contribution is 2.30. The third-order valence-electron chi connectivity index (χ3n) is 2.20. The maximum atomic E-state index is 12.4. The van der Waals surface area contributed by atoms with E-state index in [9.17, 15) is 13.2 Å². The van der Waals surface area contributed by atoms with Gasteiger partial charge in [0.15, 0.2) is 0 Å². The minimum atomic E-state index is -4.32. The van der Waals surface area contributed by atoms with Gasteiger partial charge in [0.05, 0.1) is 12.1 Å². The van der Waals surface area contributed by atoms with Gasteiger partial charge in [-0.25, -0.2) is 4.98 Å². The number of nitrogens with one attached hydrogen (secondary N) is 2. The smallest absolute Gasteiger partial charge is 0.378 e. The van der Waals surface area contributed by atoms with Gasteiger partial charge >= 0.3 is 6.18 Å². The monoisotopic (exact) mass is 241 g/mol. The average Bonchev–Trinajstić information content (AvgIpc) is 2.78. The lowest BCUT2D eigenvalue weighted by atomic mass is 10.2. The predicted molar refractivity (Wildman–Crippen MR) is 57.4 cm³/mol. The summed E-state index contributed by atoms with van der Waals surface area (Å²) < 4.78 is 37.3. The van der Waals surface area contributed by atoms with E-state index in [4.69, 9.17) is 0 Å². The molecule has 0 atom stereocenters. The Hall–Kier alpha value is -1.98. The lowest BCUT2D eigenvalue weighted by Gasteiger charge is -2.09. The second-order valence-electron chi connectivity index (χ2n) is 3.47. The lowest BCUT2D eigenvalue weighted by molar-refractivity contribution is -0.137. The Labute approximate surface area is 95.7 Å². The number of benzene rings is 1. The van der Waals surface area contributed by atoms with Crippen LogP contribution in [0.15, 0.2) is 36.7 Å². The van der Waals surface area contributed by atoms with Crippen molar-refractivity contribution in [3.8, 4) is 0 Å². The van der Waals surface area contributed by atoms with Gasteiger partial charge in [-0.2, -0.15) is 13.2 Å². The number of rotatable bonds is 3. The van der Waals surface area contributed by atoms with Crippen molar-refractivity contribution < 1.29 is 13.2 Å². The first-order valence-electron chi connectivity index (χ1n) is 4.95. The Balaban J connectivity index is 2.07. The van der Waals surface area contributed by atoms with Crippen LogP contribution in [0.1, 0.15) is 11.4 Å². The third-order valence-corrected chi connectivity index (χ3v) is 2.20. The Kier molecular flexibility index (Phi) is 3.03. The minimum Gasteiger partial charge on any atom is -0.378 e. The highest BCUT2D eigenvalue weighted by Gasteiger charge is 2.30. The summed E-state index contributed by atoms with van der Waals surface area (Å²) >= 11 is 0. The van der Waals surface area contributed by atoms with Crippen LogP contribution in [0.3, 0.4) is 0 Å². The zero-order valence-electron chi connectivity index (χ0n) is 8.75. The highest BCUT2D eigenvalue weighted by molar-refractivity contribution is 5.46. The van der Waals surface area contributed by atoms with Crippen molar-refractivity contribution in [1.82, 2.24) is 9.97 Å². The van der Waals surface area contributed by atoms with Crippen molar-refractivity contribution in [2.45, 2.75) is 12.7 Å². The molecule has 2 aromatic rings. The molecule has 2 rings (SSSR count). The van der Waals surface area contributed by atoms with E-state index < -0.39 is 11.7 Å². The topological polar surface area (TPSA) is 40.7 Å². The number of hydrogen-bond donors (Lipinski definition) is 2. The van der Waals surface area contributed by atoms with E-state index in [2.05, 4.69) is 15.3 Å². The van der Waals surface area contributed by atoms with Crippen LogP contribution in [0.5, 0.6) is 0 Å². The van der Waals surface area contributed by atoms with Crippen LogP contribution >= 0.6 is 0 Å². The van der Waals surface area contributed by atoms with Crippen LogP contribution < -0.4 is 5.32 Å². The Morgan fingerprint density at radius 1 is 1.29 bits per heavy atom. The molecule has 6 heteroatoms. The molecule has 0 bridgehead atoms. The number of aromatic amines is 1. The molecule has 0 fully saturated rings. The lowest BCUT2D eigenvalue weighted by Crippen LogP contribution is -2.06. The summed E-state index contributed by atoms with van der Waals surface area (Å²) in [5.41, 5.74) is -0.252. The van der Waals surface area contributed by atoms with E-state index in [-0.39, 0.29) is 0 Å². The summed E-state index contributed by atoms with van der Waals surface area (Å²) in [6.45, 7) is 0.355. The number of halogens is 3. The SMILES string of the molecule is FC(F)(F)c1cccc(NCc2ncc[nH]2)c1. The van der Waals surface area contributed by atoms with Gasteiger partial charge in [0, 0.05) is 18.1 Å². The van der Waals surface area contributed by atoms with E-state index in [0.717, 1.165) is 12.1 Å². The number of H-pyrrole nitrogens is 1. The molecule has 1 aromatic heterocycles. The van der Waals surface area contributed by atoms with Crippen LogP contribution in [-0.4, -0.2) is 9.97 Å². The molecule has 0 aliphatic rings. The molecule has 0 aliphatic carbocycles. The second kappa shape index (κ2) is 4.48. The maximum Gasteiger partial charge on any atom is 0.416 e. The number of alkyl halides is 3. The van der Waals surface area contributed by atoms with Crippen molar-refractivity contribution in [3.05, 3.63) is 48.0 Å². The number of nitrogens with zero attached hydrogens (tertiary/aromatic N) is 1. The molecule has 0 radical (unpaired) electrons. The van der Waals surface area contributed by atoms with Crippen LogP contribution in [0.25, 0.3) is 0 Å². The zero-order valence-corrected chi connectivity index (χ0v) is 8.75. The molecule has 90 valence electrons. The van der Waals surface area contributed by atoms with E-state index >= 15 is 0 Å². The van der Waals surface area contributed by atoms with Crippen LogP contribution in [0, 0.1) is 0 Å². The summed E-state index contributed by atoms with van der Waals surface area (Å²) in [5.74, 6) is 0.669. The summed E-state index contributed by atoms with van der Waals surface area (Å²) in [6.07, 6.45) is -1.07. The first-order valence-corrected chi connectivity index (χ1v) is 4.95. The first-order chi connectivity index (χ1) is 8.05. The van der Waals surface area contributed by atoms with Gasteiger partial charge in [-0.15, -0.1) is 0 Å². The molecule has 1 heterocycles. The molecule has 0 spiro atoms. The molecule has 1 aromatic carbocycles. The Bertz CT molecular complexity index is 477. The van der Waals surface area contributed by atoms with Crippen molar-refractivity contribution in [3.63, 3.8) is 0 Å². The van der Waals surface area contributed by atoms with Gasteiger partial charge in [-0.05, 0) is 18.2 Å². The zero-order chi connectivity index (χ0) is 12.3. The van der Waals surface area contributed by atoms with Crippen molar-refractivity contribution in [2.24, 2.45) is 0 Å². The van der Waals surface area contributed by atoms with E-state index in [1.165, 1.54) is 6.07 Å². The number of hydrogen-bond acceptors (Lipinski definition) is 2. The van der Waals surface area contributed by atoms with Crippen LogP contribution in [0.2, 0.25) is 0 Å². The number of imidazole rings is 1. The third kappa shape index (κ3) is 2.99. The number of anilines is 1. The van der Waals surface area contributed by atoms with E-state index in [1.807, 2.05) is 0 Å². The Morgan fingerprint density at radius 2 is 2.12 bits per heavy atom. The van der Waals surface area contributed by atoms with Gasteiger partial charge < -0.3 is 10.3 Å². The molecule has 0 amide bonds. The fraction of sp³-hybridized carbons (Fsp3) is 0.182. The quantitative estimate of drug-likeness (QED) is 0.867. The fourth-order valence-corrected chi connectivity index (χ4v) is 1.39. The van der Waals surface area contributed by atoms with Crippen molar-refractivity contribution in [1.29, 1.82) is 0 Å². The van der Waals surface area contributed by atoms with Crippen LogP contribution in [0.4, 0.5) is 18.9 Å². The normalized spacial score (nSPS) is 11.5. The van der Waals surface area contributed by atoms with Gasteiger partial charge in [0.2, 0.25) is 0 Å². The average molecular weight is 241 g/mol. The van der Waals surface area contributed by atoms with Crippen molar-refractivity contribution >= 4 is 5.69 Å². The predicted octanol–water partition coefficient (Wildman–Crippen LogP) is 3.04. The van der Waals surface area contributed by atoms with Crippen LogP contribution in [-0.2, 0) is 12.7 Å². The standard InChI is InChI=1S/C11H10F3N3/c12-11(13,14)8-2-1-3-9(6-8)17-7-10-15-4-5-16-10/h1-6,17H,7H2,(H,15,16). The largest absolute Gasteiger partial charge is 0.416 e. The maximum absolute atomic E-state index is 12.4. The molecular weight excluding hydrogens is 231 g/mol. The summed E-state index contributed by atoms with van der Waals surface area (Å²) in [7, 11) is 0. The summed E-state index contributed by atoms with van der Waals surface area (Å²) in [4.78, 5) is 6.82. The van der Waals surface area contributed by atoms with E-state index in [1.54, 1.807) is 18.5 Å². The van der Waals surface area contributed by atoms with Gasteiger partial charge in [-0.1, -0.05) is 6.07 Å². The molecule has 2 N–H and O–H groups in total. The molecular formula is C11H10F3N3. The van der Waals surface area contributed by atoms with Gasteiger partial charge in [-0.3, -0.25) is 0 Å². The highest BCUT2D eigenvalue weighted by atomic mass is 19.4.